The fourth-order valence-corrected chi connectivity index (χ4v) is 6.78. The van der Waals surface area contributed by atoms with Gasteiger partial charge in [-0.2, -0.15) is 0 Å². The summed E-state index contributed by atoms with van der Waals surface area (Å²) in [6.07, 6.45) is 7.03. The monoisotopic (exact) mass is 386 g/mol. The van der Waals surface area contributed by atoms with Crippen LogP contribution >= 0.6 is 0 Å². The molecule has 1 heterocycles. The van der Waals surface area contributed by atoms with Gasteiger partial charge >= 0.3 is 6.09 Å². The summed E-state index contributed by atoms with van der Waals surface area (Å²) in [4.78, 5) is 27.3. The summed E-state index contributed by atoms with van der Waals surface area (Å²) < 4.78 is 18.9. The van der Waals surface area contributed by atoms with Crippen molar-refractivity contribution in [3.63, 3.8) is 0 Å². The molecule has 4 saturated carbocycles. The molecule has 1 atom stereocenters. The Morgan fingerprint density at radius 3 is 2.39 bits per heavy atom. The molecular formula is C22H27FN2O3. The first-order chi connectivity index (χ1) is 13.5. The number of nitrogens with zero attached hydrogens (tertiary/aromatic N) is 1. The average molecular weight is 386 g/mol. The van der Waals surface area contributed by atoms with Crippen LogP contribution in [-0.2, 0) is 16.0 Å². The second kappa shape index (κ2) is 6.46. The van der Waals surface area contributed by atoms with Crippen LogP contribution in [0.15, 0.2) is 18.2 Å². The molecule has 5 aliphatic rings. The van der Waals surface area contributed by atoms with Gasteiger partial charge < -0.3 is 10.1 Å². The van der Waals surface area contributed by atoms with Gasteiger partial charge in [0.05, 0.1) is 7.11 Å². The van der Waals surface area contributed by atoms with E-state index in [0.29, 0.717) is 36.3 Å². The number of amides is 2. The fraction of sp³-hybridized carbons (Fsp3) is 0.636. The zero-order valence-corrected chi connectivity index (χ0v) is 16.2. The Bertz CT molecular complexity index is 789. The maximum absolute atomic E-state index is 14.0. The third-order valence-corrected chi connectivity index (χ3v) is 7.42. The predicted molar refractivity (Wildman–Crippen MR) is 101 cm³/mol. The van der Waals surface area contributed by atoms with E-state index >= 15 is 0 Å². The van der Waals surface area contributed by atoms with Gasteiger partial charge in [-0.3, -0.25) is 9.69 Å². The second-order valence-electron chi connectivity index (χ2n) is 9.35. The van der Waals surface area contributed by atoms with Gasteiger partial charge in [-0.15, -0.1) is 0 Å². The van der Waals surface area contributed by atoms with Crippen LogP contribution in [0.2, 0.25) is 0 Å². The third kappa shape index (κ3) is 2.88. The molecule has 0 radical (unpaired) electrons. The summed E-state index contributed by atoms with van der Waals surface area (Å²) in [5, 5.41) is 3.35. The molecule has 0 aromatic heterocycles. The molecule has 1 aromatic rings. The molecule has 5 nitrogen and oxygen atoms in total. The van der Waals surface area contributed by atoms with Crippen LogP contribution in [0, 0.1) is 23.6 Å². The molecule has 6 heteroatoms. The van der Waals surface area contributed by atoms with E-state index in [9.17, 15) is 14.0 Å². The summed E-state index contributed by atoms with van der Waals surface area (Å²) in [7, 11) is 1.32. The van der Waals surface area contributed by atoms with Crippen molar-refractivity contribution >= 4 is 12.0 Å². The van der Waals surface area contributed by atoms with Gasteiger partial charge in [-0.05, 0) is 86.0 Å². The van der Waals surface area contributed by atoms with Crippen molar-refractivity contribution in [2.75, 3.05) is 13.7 Å². The lowest BCUT2D eigenvalue weighted by Crippen LogP contribution is -2.62. The van der Waals surface area contributed by atoms with Crippen LogP contribution in [0.3, 0.4) is 0 Å². The van der Waals surface area contributed by atoms with Gasteiger partial charge in [0.1, 0.15) is 11.9 Å². The van der Waals surface area contributed by atoms with Crippen molar-refractivity contribution in [2.24, 2.45) is 17.8 Å². The first-order valence-corrected chi connectivity index (χ1v) is 10.4. The predicted octanol–water partition coefficient (Wildman–Crippen LogP) is 3.58. The number of fused-ring (bicyclic) bond motifs is 1. The molecule has 1 N–H and O–H groups in total. The van der Waals surface area contributed by atoms with Gasteiger partial charge in [0.2, 0.25) is 5.91 Å². The Morgan fingerprint density at radius 1 is 1.14 bits per heavy atom. The Morgan fingerprint density at radius 2 is 1.79 bits per heavy atom. The van der Waals surface area contributed by atoms with Crippen LogP contribution in [0.4, 0.5) is 9.18 Å². The lowest BCUT2D eigenvalue weighted by Gasteiger charge is -2.57. The Hall–Kier alpha value is -2.11. The van der Waals surface area contributed by atoms with Gasteiger partial charge in [-0.1, -0.05) is 6.07 Å². The second-order valence-corrected chi connectivity index (χ2v) is 9.35. The summed E-state index contributed by atoms with van der Waals surface area (Å²) in [6, 6.07) is 3.71. The number of hydrogen-bond acceptors (Lipinski definition) is 3. The standard InChI is InChI=1S/C22H27FN2O3/c1-28-21(27)25-5-4-16-2-3-17(23)9-18(16)19(25)20(26)24-22-10-13-6-14(11-22)8-15(7-13)12-22/h2-3,9,13-15,19H,4-8,10-12H2,1H3,(H,24,26). The lowest BCUT2D eigenvalue weighted by molar-refractivity contribution is -0.132. The molecule has 28 heavy (non-hydrogen) atoms. The number of nitrogens with one attached hydrogen (secondary N) is 1. The lowest BCUT2D eigenvalue weighted by atomic mass is 9.53. The van der Waals surface area contributed by atoms with E-state index in [4.69, 9.17) is 4.74 Å². The normalized spacial score (nSPS) is 35.4. The van der Waals surface area contributed by atoms with Crippen molar-refractivity contribution in [3.05, 3.63) is 35.1 Å². The van der Waals surface area contributed by atoms with E-state index in [1.54, 1.807) is 6.07 Å². The molecule has 4 fully saturated rings. The van der Waals surface area contributed by atoms with Crippen LogP contribution in [-0.4, -0.2) is 36.1 Å². The molecule has 0 spiro atoms. The van der Waals surface area contributed by atoms with Gasteiger partial charge in [0.25, 0.3) is 0 Å². The zero-order chi connectivity index (χ0) is 19.5. The SMILES string of the molecule is COC(=O)N1CCc2ccc(F)cc2C1C(=O)NC12CC3CC(CC(C3)C1)C2. The highest BCUT2D eigenvalue weighted by Gasteiger charge is 2.52. The van der Waals surface area contributed by atoms with Crippen molar-refractivity contribution in [1.29, 1.82) is 0 Å². The molecule has 1 aliphatic heterocycles. The summed E-state index contributed by atoms with van der Waals surface area (Å²) in [6.45, 7) is 0.393. The minimum absolute atomic E-state index is 0.154. The molecule has 4 bridgehead atoms. The molecule has 2 amide bonds. The number of benzene rings is 1. The van der Waals surface area contributed by atoms with E-state index in [0.717, 1.165) is 24.8 Å². The molecule has 6 rings (SSSR count). The van der Waals surface area contributed by atoms with Gasteiger partial charge in [-0.25, -0.2) is 9.18 Å². The fourth-order valence-electron chi connectivity index (χ4n) is 6.78. The molecule has 1 unspecified atom stereocenters. The minimum Gasteiger partial charge on any atom is -0.453 e. The van der Waals surface area contributed by atoms with E-state index in [-0.39, 0.29) is 11.4 Å². The number of carbonyl (C=O) groups excluding carboxylic acids is 2. The van der Waals surface area contributed by atoms with E-state index in [2.05, 4.69) is 5.32 Å². The van der Waals surface area contributed by atoms with Crippen molar-refractivity contribution in [3.8, 4) is 0 Å². The average Bonchev–Trinajstić information content (AvgIpc) is 2.64. The minimum atomic E-state index is -0.833. The number of hydrogen-bond donors (Lipinski definition) is 1. The first kappa shape index (κ1) is 18.0. The Labute approximate surface area is 164 Å². The van der Waals surface area contributed by atoms with Crippen molar-refractivity contribution in [1.82, 2.24) is 10.2 Å². The highest BCUT2D eigenvalue weighted by atomic mass is 19.1. The molecule has 1 aromatic carbocycles. The number of halogens is 1. The largest absolute Gasteiger partial charge is 0.453 e. The van der Waals surface area contributed by atoms with Crippen LogP contribution < -0.4 is 5.32 Å². The highest BCUT2D eigenvalue weighted by Crippen LogP contribution is 2.55. The van der Waals surface area contributed by atoms with E-state index < -0.39 is 18.0 Å². The van der Waals surface area contributed by atoms with Gasteiger partial charge in [0.15, 0.2) is 0 Å². The van der Waals surface area contributed by atoms with Crippen molar-refractivity contribution in [2.45, 2.75) is 56.5 Å². The first-order valence-electron chi connectivity index (χ1n) is 10.4. The van der Waals surface area contributed by atoms with E-state index in [1.165, 1.54) is 43.4 Å². The molecule has 4 aliphatic carbocycles. The van der Waals surface area contributed by atoms with Crippen LogP contribution in [0.1, 0.15) is 55.7 Å². The molecule has 0 saturated heterocycles. The van der Waals surface area contributed by atoms with Gasteiger partial charge in [0, 0.05) is 12.1 Å². The van der Waals surface area contributed by atoms with Crippen LogP contribution in [0.5, 0.6) is 0 Å². The number of carbonyl (C=O) groups is 2. The number of methoxy groups -OCH3 is 1. The molecular weight excluding hydrogens is 359 g/mol. The number of ether oxygens (including phenoxy) is 1. The quantitative estimate of drug-likeness (QED) is 0.845. The summed E-state index contributed by atoms with van der Waals surface area (Å²) in [5.74, 6) is 1.54. The zero-order valence-electron chi connectivity index (χ0n) is 16.2. The number of rotatable bonds is 2. The topological polar surface area (TPSA) is 58.6 Å². The maximum atomic E-state index is 14.0. The maximum Gasteiger partial charge on any atom is 0.410 e. The molecule has 150 valence electrons. The third-order valence-electron chi connectivity index (χ3n) is 7.42. The summed E-state index contributed by atoms with van der Waals surface area (Å²) in [5.41, 5.74) is 1.35. The van der Waals surface area contributed by atoms with Crippen LogP contribution in [0.25, 0.3) is 0 Å². The smallest absolute Gasteiger partial charge is 0.410 e. The van der Waals surface area contributed by atoms with E-state index in [1.807, 2.05) is 0 Å². The van der Waals surface area contributed by atoms with Crippen molar-refractivity contribution < 1.29 is 18.7 Å². The Balaban J connectivity index is 1.46. The summed E-state index contributed by atoms with van der Waals surface area (Å²) >= 11 is 0. The Kier molecular flexibility index (Phi) is 4.14. The highest BCUT2D eigenvalue weighted by molar-refractivity contribution is 5.88.